The lowest BCUT2D eigenvalue weighted by Gasteiger charge is -1.92. The van der Waals surface area contributed by atoms with Crippen molar-refractivity contribution < 1.29 is 4.79 Å². The molecule has 1 aromatic rings. The summed E-state index contributed by atoms with van der Waals surface area (Å²) in [5, 5.41) is 3.76. The first-order chi connectivity index (χ1) is 5.61. The van der Waals surface area contributed by atoms with Gasteiger partial charge in [-0.15, -0.1) is 0 Å². The fraction of sp³-hybridized carbons (Fsp3) is 0.222. The average Bonchev–Trinajstić information content (AvgIpc) is 2.33. The lowest BCUT2D eigenvalue weighted by Crippen LogP contribution is -1.92. The van der Waals surface area contributed by atoms with Crippen LogP contribution in [0.4, 0.5) is 0 Å². The maximum absolute atomic E-state index is 11.4. The van der Waals surface area contributed by atoms with Crippen molar-refractivity contribution >= 4 is 33.0 Å². The van der Waals surface area contributed by atoms with Crippen LogP contribution in [0.3, 0.4) is 0 Å². The quantitative estimate of drug-likeness (QED) is 0.574. The first-order valence-electron chi connectivity index (χ1n) is 3.52. The second-order valence-electron chi connectivity index (χ2n) is 2.72. The summed E-state index contributed by atoms with van der Waals surface area (Å²) in [4.78, 5) is 11.4. The molecule has 1 nitrogen and oxygen atoms in total. The zero-order valence-corrected chi connectivity index (χ0v) is 9.33. The Morgan fingerprint density at radius 1 is 1.50 bits per heavy atom. The molecule has 0 unspecified atom stereocenters. The maximum atomic E-state index is 11.4. The van der Waals surface area contributed by atoms with Crippen LogP contribution in [0.1, 0.15) is 24.2 Å². The predicted molar refractivity (Wildman–Crippen MR) is 55.8 cm³/mol. The van der Waals surface area contributed by atoms with Crippen molar-refractivity contribution in [3.63, 3.8) is 0 Å². The molecule has 64 valence electrons. The first kappa shape index (κ1) is 9.68. The van der Waals surface area contributed by atoms with Crippen LogP contribution in [0.2, 0.25) is 0 Å². The molecular weight excluding hydrogens is 236 g/mol. The van der Waals surface area contributed by atoms with Gasteiger partial charge in [0.05, 0.1) is 0 Å². The number of rotatable bonds is 2. The van der Waals surface area contributed by atoms with E-state index in [1.54, 1.807) is 6.08 Å². The Morgan fingerprint density at radius 2 is 2.17 bits per heavy atom. The molecule has 0 fully saturated rings. The van der Waals surface area contributed by atoms with E-state index in [0.29, 0.717) is 0 Å². The molecule has 0 aliphatic rings. The molecule has 0 aliphatic carbocycles. The van der Waals surface area contributed by atoms with Gasteiger partial charge in [-0.3, -0.25) is 4.79 Å². The van der Waals surface area contributed by atoms with E-state index in [-0.39, 0.29) is 5.78 Å². The van der Waals surface area contributed by atoms with Gasteiger partial charge in [0.2, 0.25) is 0 Å². The fourth-order valence-corrected chi connectivity index (χ4v) is 2.28. The monoisotopic (exact) mass is 244 g/mol. The average molecular weight is 245 g/mol. The highest BCUT2D eigenvalue weighted by Gasteiger charge is 2.07. The SMILES string of the molecule is CC(C)=CC(=O)c1cscc1Br. The van der Waals surface area contributed by atoms with Gasteiger partial charge in [-0.1, -0.05) is 5.57 Å². The van der Waals surface area contributed by atoms with Gasteiger partial charge in [0.25, 0.3) is 0 Å². The number of allylic oxidation sites excluding steroid dienone is 2. The number of thiophene rings is 1. The van der Waals surface area contributed by atoms with E-state index in [0.717, 1.165) is 15.6 Å². The van der Waals surface area contributed by atoms with Crippen LogP contribution in [0, 0.1) is 0 Å². The van der Waals surface area contributed by atoms with Gasteiger partial charge in [-0.05, 0) is 35.9 Å². The van der Waals surface area contributed by atoms with E-state index in [1.165, 1.54) is 11.3 Å². The van der Waals surface area contributed by atoms with Crippen molar-refractivity contribution in [1.82, 2.24) is 0 Å². The summed E-state index contributed by atoms with van der Waals surface area (Å²) >= 11 is 4.84. The number of carbonyl (C=O) groups excluding carboxylic acids is 1. The van der Waals surface area contributed by atoms with Crippen LogP contribution in [-0.2, 0) is 0 Å². The lowest BCUT2D eigenvalue weighted by atomic mass is 10.2. The fourth-order valence-electron chi connectivity index (χ4n) is 0.797. The van der Waals surface area contributed by atoms with E-state index < -0.39 is 0 Å². The van der Waals surface area contributed by atoms with Crippen LogP contribution >= 0.6 is 27.3 Å². The number of carbonyl (C=O) groups is 1. The molecule has 0 radical (unpaired) electrons. The van der Waals surface area contributed by atoms with Crippen molar-refractivity contribution in [2.24, 2.45) is 0 Å². The van der Waals surface area contributed by atoms with Crippen molar-refractivity contribution in [1.29, 1.82) is 0 Å². The highest BCUT2D eigenvalue weighted by molar-refractivity contribution is 9.10. The third kappa shape index (κ3) is 2.29. The van der Waals surface area contributed by atoms with Crippen LogP contribution < -0.4 is 0 Å². The predicted octanol–water partition coefficient (Wildman–Crippen LogP) is 3.66. The van der Waals surface area contributed by atoms with Gasteiger partial charge in [0.1, 0.15) is 0 Å². The molecule has 0 aromatic carbocycles. The van der Waals surface area contributed by atoms with Crippen LogP contribution in [0.5, 0.6) is 0 Å². The molecule has 0 N–H and O–H groups in total. The molecule has 1 heterocycles. The molecule has 0 saturated carbocycles. The van der Waals surface area contributed by atoms with E-state index in [4.69, 9.17) is 0 Å². The molecule has 0 amide bonds. The van der Waals surface area contributed by atoms with Gasteiger partial charge in [0, 0.05) is 20.8 Å². The third-order valence-electron chi connectivity index (χ3n) is 1.30. The standard InChI is InChI=1S/C9H9BrOS/c1-6(2)3-9(11)7-4-12-5-8(7)10/h3-5H,1-2H3. The Bertz CT molecular complexity index is 321. The van der Waals surface area contributed by atoms with Gasteiger partial charge in [-0.2, -0.15) is 11.3 Å². The van der Waals surface area contributed by atoms with E-state index >= 15 is 0 Å². The van der Waals surface area contributed by atoms with Gasteiger partial charge >= 0.3 is 0 Å². The lowest BCUT2D eigenvalue weighted by molar-refractivity contribution is 0.104. The van der Waals surface area contributed by atoms with Crippen LogP contribution in [0.15, 0.2) is 26.9 Å². The van der Waals surface area contributed by atoms with Crippen molar-refractivity contribution in [2.75, 3.05) is 0 Å². The summed E-state index contributed by atoms with van der Waals surface area (Å²) in [6, 6.07) is 0. The third-order valence-corrected chi connectivity index (χ3v) is 3.00. The molecular formula is C9H9BrOS. The second kappa shape index (κ2) is 4.01. The van der Waals surface area contributed by atoms with Gasteiger partial charge in [0.15, 0.2) is 5.78 Å². The van der Waals surface area contributed by atoms with E-state index in [1.807, 2.05) is 24.6 Å². The molecule has 12 heavy (non-hydrogen) atoms. The first-order valence-corrected chi connectivity index (χ1v) is 5.26. The normalized spacial score (nSPS) is 9.58. The Balaban J connectivity index is 2.93. The minimum Gasteiger partial charge on any atom is -0.289 e. The number of halogens is 1. The second-order valence-corrected chi connectivity index (χ2v) is 4.32. The summed E-state index contributed by atoms with van der Waals surface area (Å²) in [5.74, 6) is 0.0723. The summed E-state index contributed by atoms with van der Waals surface area (Å²) in [5.41, 5.74) is 1.78. The van der Waals surface area contributed by atoms with Crippen LogP contribution in [-0.4, -0.2) is 5.78 Å². The highest BCUT2D eigenvalue weighted by atomic mass is 79.9. The smallest absolute Gasteiger partial charge is 0.187 e. The summed E-state index contributed by atoms with van der Waals surface area (Å²) < 4.78 is 0.884. The Hall–Kier alpha value is -0.410. The molecule has 0 aliphatic heterocycles. The number of ketones is 1. The Labute approximate surface area is 84.2 Å². The Kier molecular flexibility index (Phi) is 3.23. The zero-order valence-electron chi connectivity index (χ0n) is 6.93. The van der Waals surface area contributed by atoms with E-state index in [9.17, 15) is 4.79 Å². The molecule has 1 rings (SSSR count). The molecule has 0 atom stereocenters. The number of hydrogen-bond donors (Lipinski definition) is 0. The minimum absolute atomic E-state index is 0.0723. The maximum Gasteiger partial charge on any atom is 0.187 e. The van der Waals surface area contributed by atoms with Gasteiger partial charge in [-0.25, -0.2) is 0 Å². The topological polar surface area (TPSA) is 17.1 Å². The largest absolute Gasteiger partial charge is 0.289 e. The number of hydrogen-bond acceptors (Lipinski definition) is 2. The summed E-state index contributed by atoms with van der Waals surface area (Å²) in [6.07, 6.45) is 1.65. The highest BCUT2D eigenvalue weighted by Crippen LogP contribution is 2.22. The van der Waals surface area contributed by atoms with Crippen LogP contribution in [0.25, 0.3) is 0 Å². The molecule has 3 heteroatoms. The zero-order chi connectivity index (χ0) is 9.14. The summed E-state index contributed by atoms with van der Waals surface area (Å²) in [6.45, 7) is 3.83. The molecule has 0 spiro atoms. The van der Waals surface area contributed by atoms with E-state index in [2.05, 4.69) is 15.9 Å². The molecule has 0 bridgehead atoms. The molecule has 0 saturated heterocycles. The van der Waals surface area contributed by atoms with Crippen molar-refractivity contribution in [3.8, 4) is 0 Å². The Morgan fingerprint density at radius 3 is 2.58 bits per heavy atom. The summed E-state index contributed by atoms with van der Waals surface area (Å²) in [7, 11) is 0. The van der Waals surface area contributed by atoms with Gasteiger partial charge < -0.3 is 0 Å². The minimum atomic E-state index is 0.0723. The van der Waals surface area contributed by atoms with Crippen molar-refractivity contribution in [3.05, 3.63) is 32.4 Å². The van der Waals surface area contributed by atoms with Crippen molar-refractivity contribution in [2.45, 2.75) is 13.8 Å². The molecule has 1 aromatic heterocycles.